The largest absolute Gasteiger partial charge is 0.492 e. The molecule has 0 saturated heterocycles. The molecule has 1 aliphatic rings. The van der Waals surface area contributed by atoms with Gasteiger partial charge in [-0.3, -0.25) is 0 Å². The van der Waals surface area contributed by atoms with Crippen LogP contribution in [0, 0.1) is 0 Å². The number of methoxy groups -OCH3 is 1. The molecule has 2 aromatic heterocycles. The third-order valence-corrected chi connectivity index (χ3v) is 6.00. The molecule has 0 spiro atoms. The van der Waals surface area contributed by atoms with Crippen molar-refractivity contribution in [1.29, 1.82) is 0 Å². The number of hydrogen-bond acceptors (Lipinski definition) is 7. The normalized spacial score (nSPS) is 14.4. The molecule has 0 atom stereocenters. The number of rotatable bonds is 7. The summed E-state index contributed by atoms with van der Waals surface area (Å²) in [5.74, 6) is 1.34. The fourth-order valence-corrected chi connectivity index (χ4v) is 4.15. The minimum Gasteiger partial charge on any atom is -0.492 e. The van der Waals surface area contributed by atoms with Crippen LogP contribution in [0.15, 0.2) is 73.1 Å². The molecular formula is C28H31N5O3. The van der Waals surface area contributed by atoms with Crippen molar-refractivity contribution in [2.45, 2.75) is 13.2 Å². The van der Waals surface area contributed by atoms with Gasteiger partial charge in [-0.05, 0) is 41.8 Å². The highest BCUT2D eigenvalue weighted by atomic mass is 16.5. The summed E-state index contributed by atoms with van der Waals surface area (Å²) in [7, 11) is 1.70. The summed E-state index contributed by atoms with van der Waals surface area (Å²) in [5.41, 5.74) is 4.92. The SMILES string of the molecule is COCCNCCOc1ccc2cc1COC/C=C\Cn1ccc3ccc(cc31)-c1ccnc(n1)N2. The molecule has 0 unspecified atom stereocenters. The van der Waals surface area contributed by atoms with Crippen LogP contribution in [-0.2, 0) is 22.6 Å². The van der Waals surface area contributed by atoms with E-state index in [1.807, 2.05) is 24.3 Å². The van der Waals surface area contributed by atoms with Gasteiger partial charge in [0.1, 0.15) is 12.4 Å². The van der Waals surface area contributed by atoms with Crippen molar-refractivity contribution in [3.8, 4) is 17.0 Å². The number of anilines is 2. The van der Waals surface area contributed by atoms with Gasteiger partial charge in [0.05, 0.1) is 25.5 Å². The van der Waals surface area contributed by atoms with Gasteiger partial charge < -0.3 is 29.4 Å². The van der Waals surface area contributed by atoms with Gasteiger partial charge in [0, 0.05) is 61.5 Å². The lowest BCUT2D eigenvalue weighted by molar-refractivity contribution is 0.145. The number of nitrogens with zero attached hydrogens (tertiary/aromatic N) is 3. The maximum absolute atomic E-state index is 6.05. The van der Waals surface area contributed by atoms with Gasteiger partial charge in [-0.15, -0.1) is 0 Å². The molecule has 8 heteroatoms. The molecule has 1 aliphatic heterocycles. The third kappa shape index (κ3) is 5.91. The number of benzene rings is 2. The van der Waals surface area contributed by atoms with Gasteiger partial charge in [0.2, 0.25) is 5.95 Å². The van der Waals surface area contributed by atoms with Crippen molar-refractivity contribution in [2.24, 2.45) is 0 Å². The first-order valence-corrected chi connectivity index (χ1v) is 12.2. The van der Waals surface area contributed by atoms with E-state index in [0.29, 0.717) is 32.4 Å². The minimum absolute atomic E-state index is 0.432. The van der Waals surface area contributed by atoms with Crippen molar-refractivity contribution in [2.75, 3.05) is 45.3 Å². The predicted molar refractivity (Wildman–Crippen MR) is 142 cm³/mol. The zero-order valence-electron chi connectivity index (χ0n) is 20.4. The van der Waals surface area contributed by atoms with Crippen LogP contribution in [0.5, 0.6) is 5.75 Å². The Hall–Kier alpha value is -3.72. The van der Waals surface area contributed by atoms with Crippen LogP contribution in [0.2, 0.25) is 0 Å². The van der Waals surface area contributed by atoms with E-state index < -0.39 is 0 Å². The first kappa shape index (κ1) is 24.0. The molecule has 0 saturated carbocycles. The zero-order valence-corrected chi connectivity index (χ0v) is 20.4. The summed E-state index contributed by atoms with van der Waals surface area (Å²) in [5, 5.41) is 7.83. The molecule has 186 valence electrons. The van der Waals surface area contributed by atoms with Gasteiger partial charge >= 0.3 is 0 Å². The van der Waals surface area contributed by atoms with Crippen molar-refractivity contribution >= 4 is 22.5 Å². The van der Waals surface area contributed by atoms with Crippen molar-refractivity contribution < 1.29 is 14.2 Å². The second-order valence-electron chi connectivity index (χ2n) is 8.53. The molecule has 0 fully saturated rings. The molecule has 8 nitrogen and oxygen atoms in total. The van der Waals surface area contributed by atoms with E-state index in [4.69, 9.17) is 19.2 Å². The maximum Gasteiger partial charge on any atom is 0.227 e. The number of allylic oxidation sites excluding steroid dienone is 1. The summed E-state index contributed by atoms with van der Waals surface area (Å²) in [4.78, 5) is 9.21. The van der Waals surface area contributed by atoms with Crippen molar-refractivity contribution in [3.05, 3.63) is 78.6 Å². The van der Waals surface area contributed by atoms with Crippen LogP contribution in [0.3, 0.4) is 0 Å². The van der Waals surface area contributed by atoms with E-state index in [2.05, 4.69) is 62.8 Å². The smallest absolute Gasteiger partial charge is 0.227 e. The second kappa shape index (κ2) is 11.8. The van der Waals surface area contributed by atoms with Gasteiger partial charge in [0.25, 0.3) is 0 Å². The first-order chi connectivity index (χ1) is 17.8. The van der Waals surface area contributed by atoms with Crippen LogP contribution in [0.4, 0.5) is 11.6 Å². The Bertz CT molecular complexity index is 1330. The summed E-state index contributed by atoms with van der Waals surface area (Å²) >= 11 is 0. The lowest BCUT2D eigenvalue weighted by Gasteiger charge is -2.14. The highest BCUT2D eigenvalue weighted by Gasteiger charge is 2.10. The minimum atomic E-state index is 0.432. The van der Waals surface area contributed by atoms with Gasteiger partial charge in [0.15, 0.2) is 0 Å². The summed E-state index contributed by atoms with van der Waals surface area (Å²) < 4.78 is 19.3. The monoisotopic (exact) mass is 485 g/mol. The topological polar surface area (TPSA) is 82.5 Å². The second-order valence-corrected chi connectivity index (χ2v) is 8.53. The lowest BCUT2D eigenvalue weighted by Crippen LogP contribution is -2.24. The average molecular weight is 486 g/mol. The molecule has 4 aromatic rings. The number of aromatic nitrogens is 3. The average Bonchev–Trinajstić information content (AvgIpc) is 3.31. The van der Waals surface area contributed by atoms with E-state index in [-0.39, 0.29) is 0 Å². The molecule has 36 heavy (non-hydrogen) atoms. The van der Waals surface area contributed by atoms with E-state index >= 15 is 0 Å². The van der Waals surface area contributed by atoms with Crippen LogP contribution < -0.4 is 15.4 Å². The Morgan fingerprint density at radius 3 is 2.94 bits per heavy atom. The van der Waals surface area contributed by atoms with Crippen LogP contribution in [0.1, 0.15) is 5.56 Å². The van der Waals surface area contributed by atoms with Crippen LogP contribution >= 0.6 is 0 Å². The summed E-state index contributed by atoms with van der Waals surface area (Å²) in [6.45, 7) is 4.48. The quantitative estimate of drug-likeness (QED) is 0.294. The fraction of sp³-hybridized carbons (Fsp3) is 0.286. The molecule has 0 aliphatic carbocycles. The molecule has 6 bridgehead atoms. The molecule has 2 N–H and O–H groups in total. The Morgan fingerprint density at radius 1 is 1.06 bits per heavy atom. The number of ether oxygens (including phenoxy) is 3. The maximum atomic E-state index is 6.05. The number of hydrogen-bond donors (Lipinski definition) is 2. The van der Waals surface area contributed by atoms with Crippen LogP contribution in [-0.4, -0.2) is 54.6 Å². The summed E-state index contributed by atoms with van der Waals surface area (Å²) in [6, 6.07) is 16.5. The Kier molecular flexibility index (Phi) is 7.87. The van der Waals surface area contributed by atoms with E-state index in [0.717, 1.165) is 47.9 Å². The Balaban J connectivity index is 1.40. The highest BCUT2D eigenvalue weighted by molar-refractivity contribution is 5.85. The summed E-state index contributed by atoms with van der Waals surface area (Å²) in [6.07, 6.45) is 8.08. The number of nitrogens with one attached hydrogen (secondary N) is 2. The molecule has 2 aromatic carbocycles. The van der Waals surface area contributed by atoms with E-state index in [1.165, 1.54) is 10.9 Å². The molecule has 0 amide bonds. The van der Waals surface area contributed by atoms with Gasteiger partial charge in [-0.2, -0.15) is 0 Å². The standard InChI is InChI=1S/C28H31N5O3/c1-34-16-11-29-12-17-36-27-7-6-24-18-23(27)20-35-15-3-2-13-33-14-9-21-4-5-22(19-26(21)33)25-8-10-30-28(31-24)32-25/h2-10,14,18-19,29H,11-13,15-17,20H2,1H3,(H,30,31,32)/b3-2-. The molecule has 0 radical (unpaired) electrons. The fourth-order valence-electron chi connectivity index (χ4n) is 4.15. The van der Waals surface area contributed by atoms with Gasteiger partial charge in [-0.25, -0.2) is 9.97 Å². The molecular weight excluding hydrogens is 454 g/mol. The molecule has 5 rings (SSSR count). The van der Waals surface area contributed by atoms with E-state index in [1.54, 1.807) is 13.3 Å². The van der Waals surface area contributed by atoms with Crippen molar-refractivity contribution in [3.63, 3.8) is 0 Å². The highest BCUT2D eigenvalue weighted by Crippen LogP contribution is 2.28. The van der Waals surface area contributed by atoms with Crippen molar-refractivity contribution in [1.82, 2.24) is 19.9 Å². The third-order valence-electron chi connectivity index (χ3n) is 6.00. The Morgan fingerprint density at radius 2 is 2.00 bits per heavy atom. The van der Waals surface area contributed by atoms with Crippen LogP contribution in [0.25, 0.3) is 22.2 Å². The van der Waals surface area contributed by atoms with Gasteiger partial charge in [-0.1, -0.05) is 24.3 Å². The Labute approximate surface area is 210 Å². The first-order valence-electron chi connectivity index (χ1n) is 12.2. The zero-order chi connectivity index (χ0) is 24.6. The predicted octanol–water partition coefficient (Wildman–Crippen LogP) is 4.54. The van der Waals surface area contributed by atoms with E-state index in [9.17, 15) is 0 Å². The molecule has 3 heterocycles. The number of fused-ring (bicyclic) bond motifs is 6. The lowest BCUT2D eigenvalue weighted by atomic mass is 10.1.